The fraction of sp³-hybridized carbons (Fsp3) is 0.571. The lowest BCUT2D eigenvalue weighted by Gasteiger charge is -2.43. The van der Waals surface area contributed by atoms with E-state index in [1.165, 1.54) is 6.07 Å². The van der Waals surface area contributed by atoms with Gasteiger partial charge in [0, 0.05) is 30.9 Å². The van der Waals surface area contributed by atoms with Gasteiger partial charge in [-0.3, -0.25) is 0 Å². The number of nitrogens with zero attached hydrogens (tertiary/aromatic N) is 1. The minimum Gasteiger partial charge on any atom is -0.365 e. The summed E-state index contributed by atoms with van der Waals surface area (Å²) in [5.41, 5.74) is 0.920. The van der Waals surface area contributed by atoms with Crippen molar-refractivity contribution in [3.05, 3.63) is 29.0 Å². The SMILES string of the molecule is CC1CN(c2ccc(Cl)c(F)c2)C(C(C)C)CN1. The minimum atomic E-state index is -0.345. The molecule has 0 aromatic heterocycles. The Balaban J connectivity index is 2.29. The van der Waals surface area contributed by atoms with E-state index >= 15 is 0 Å². The second-order valence-electron chi connectivity index (χ2n) is 5.37. The second kappa shape index (κ2) is 5.45. The van der Waals surface area contributed by atoms with Gasteiger partial charge in [-0.05, 0) is 31.0 Å². The van der Waals surface area contributed by atoms with E-state index in [2.05, 4.69) is 31.0 Å². The predicted octanol–water partition coefficient (Wildman–Crippen LogP) is 3.30. The standard InChI is InChI=1S/C14H20ClFN2/c1-9(2)14-7-17-10(3)8-18(14)11-4-5-12(15)13(16)6-11/h4-6,9-10,14,17H,7-8H2,1-3H3. The molecule has 1 heterocycles. The van der Waals surface area contributed by atoms with E-state index in [0.717, 1.165) is 18.8 Å². The van der Waals surface area contributed by atoms with Crippen molar-refractivity contribution >= 4 is 17.3 Å². The van der Waals surface area contributed by atoms with E-state index in [9.17, 15) is 4.39 Å². The normalized spacial score (nSPS) is 24.7. The summed E-state index contributed by atoms with van der Waals surface area (Å²) in [5, 5.41) is 3.66. The topological polar surface area (TPSA) is 15.3 Å². The average Bonchev–Trinajstić information content (AvgIpc) is 2.32. The Hall–Kier alpha value is -0.800. The minimum absolute atomic E-state index is 0.183. The van der Waals surface area contributed by atoms with Crippen molar-refractivity contribution in [1.82, 2.24) is 5.32 Å². The smallest absolute Gasteiger partial charge is 0.143 e. The number of piperazine rings is 1. The molecule has 2 rings (SSSR count). The Morgan fingerprint density at radius 3 is 2.78 bits per heavy atom. The number of hydrogen-bond donors (Lipinski definition) is 1. The van der Waals surface area contributed by atoms with Gasteiger partial charge in [0.25, 0.3) is 0 Å². The van der Waals surface area contributed by atoms with Crippen molar-refractivity contribution < 1.29 is 4.39 Å². The zero-order valence-corrected chi connectivity index (χ0v) is 11.8. The predicted molar refractivity (Wildman–Crippen MR) is 74.8 cm³/mol. The molecule has 1 aromatic carbocycles. The van der Waals surface area contributed by atoms with Crippen LogP contribution >= 0.6 is 11.6 Å². The number of rotatable bonds is 2. The molecule has 2 nitrogen and oxygen atoms in total. The first kappa shape index (κ1) is 13.6. The second-order valence-corrected chi connectivity index (χ2v) is 5.78. The lowest BCUT2D eigenvalue weighted by molar-refractivity contribution is 0.349. The third-order valence-electron chi connectivity index (χ3n) is 3.55. The van der Waals surface area contributed by atoms with E-state index in [1.807, 2.05) is 6.07 Å². The summed E-state index contributed by atoms with van der Waals surface area (Å²) < 4.78 is 13.6. The zero-order valence-electron chi connectivity index (χ0n) is 11.1. The molecule has 0 radical (unpaired) electrons. The number of nitrogens with one attached hydrogen (secondary N) is 1. The van der Waals surface area contributed by atoms with E-state index < -0.39 is 0 Å². The van der Waals surface area contributed by atoms with Gasteiger partial charge in [0.15, 0.2) is 0 Å². The zero-order chi connectivity index (χ0) is 13.3. The molecule has 0 spiro atoms. The Labute approximate surface area is 113 Å². The highest BCUT2D eigenvalue weighted by atomic mass is 35.5. The fourth-order valence-corrected chi connectivity index (χ4v) is 2.60. The van der Waals surface area contributed by atoms with Gasteiger partial charge < -0.3 is 10.2 Å². The van der Waals surface area contributed by atoms with Gasteiger partial charge >= 0.3 is 0 Å². The molecule has 0 bridgehead atoms. The monoisotopic (exact) mass is 270 g/mol. The molecule has 100 valence electrons. The van der Waals surface area contributed by atoms with Crippen molar-refractivity contribution in [2.75, 3.05) is 18.0 Å². The summed E-state index contributed by atoms with van der Waals surface area (Å²) >= 11 is 5.74. The lowest BCUT2D eigenvalue weighted by Crippen LogP contribution is -2.57. The van der Waals surface area contributed by atoms with Crippen LogP contribution in [-0.4, -0.2) is 25.2 Å². The van der Waals surface area contributed by atoms with E-state index in [4.69, 9.17) is 11.6 Å². The lowest BCUT2D eigenvalue weighted by atomic mass is 9.98. The Morgan fingerprint density at radius 2 is 2.17 bits per heavy atom. The number of halogens is 2. The van der Waals surface area contributed by atoms with Crippen LogP contribution in [0.1, 0.15) is 20.8 Å². The molecule has 1 aliphatic rings. The highest BCUT2D eigenvalue weighted by molar-refractivity contribution is 6.30. The van der Waals surface area contributed by atoms with Crippen LogP contribution in [-0.2, 0) is 0 Å². The molecule has 0 saturated carbocycles. The highest BCUT2D eigenvalue weighted by Crippen LogP contribution is 2.27. The maximum absolute atomic E-state index is 13.6. The van der Waals surface area contributed by atoms with Gasteiger partial charge in [-0.15, -0.1) is 0 Å². The van der Waals surface area contributed by atoms with Gasteiger partial charge in [0.1, 0.15) is 5.82 Å². The summed E-state index contributed by atoms with van der Waals surface area (Å²) in [6.45, 7) is 8.37. The Morgan fingerprint density at radius 1 is 1.44 bits per heavy atom. The van der Waals surface area contributed by atoms with E-state index in [0.29, 0.717) is 18.0 Å². The Bertz CT molecular complexity index is 422. The molecule has 2 unspecified atom stereocenters. The molecular formula is C14H20ClFN2. The largest absolute Gasteiger partial charge is 0.365 e. The Kier molecular flexibility index (Phi) is 4.13. The van der Waals surface area contributed by atoms with Crippen molar-refractivity contribution in [2.24, 2.45) is 5.92 Å². The third kappa shape index (κ3) is 2.78. The van der Waals surface area contributed by atoms with Crippen LogP contribution in [0, 0.1) is 11.7 Å². The molecular weight excluding hydrogens is 251 g/mol. The van der Waals surface area contributed by atoms with Crippen LogP contribution in [0.5, 0.6) is 0 Å². The molecule has 0 amide bonds. The van der Waals surface area contributed by atoms with E-state index in [-0.39, 0.29) is 10.8 Å². The van der Waals surface area contributed by atoms with Crippen LogP contribution in [0.15, 0.2) is 18.2 Å². The first-order chi connectivity index (χ1) is 8.49. The molecule has 4 heteroatoms. The summed E-state index contributed by atoms with van der Waals surface area (Å²) in [5.74, 6) is 0.173. The summed E-state index contributed by atoms with van der Waals surface area (Å²) in [7, 11) is 0. The van der Waals surface area contributed by atoms with Gasteiger partial charge in [0.05, 0.1) is 5.02 Å². The average molecular weight is 271 g/mol. The van der Waals surface area contributed by atoms with Crippen LogP contribution in [0.4, 0.5) is 10.1 Å². The summed E-state index contributed by atoms with van der Waals surface area (Å²) in [4.78, 5) is 2.28. The quantitative estimate of drug-likeness (QED) is 0.887. The molecule has 0 aliphatic carbocycles. The highest BCUT2D eigenvalue weighted by Gasteiger charge is 2.28. The molecule has 18 heavy (non-hydrogen) atoms. The van der Waals surface area contributed by atoms with Crippen LogP contribution in [0.3, 0.4) is 0 Å². The molecule has 1 N–H and O–H groups in total. The fourth-order valence-electron chi connectivity index (χ4n) is 2.48. The van der Waals surface area contributed by atoms with Crippen LogP contribution in [0.2, 0.25) is 5.02 Å². The van der Waals surface area contributed by atoms with Crippen LogP contribution in [0.25, 0.3) is 0 Å². The van der Waals surface area contributed by atoms with Gasteiger partial charge in [-0.1, -0.05) is 25.4 Å². The van der Waals surface area contributed by atoms with Gasteiger partial charge in [0.2, 0.25) is 0 Å². The van der Waals surface area contributed by atoms with Gasteiger partial charge in [-0.2, -0.15) is 0 Å². The third-order valence-corrected chi connectivity index (χ3v) is 3.86. The van der Waals surface area contributed by atoms with E-state index in [1.54, 1.807) is 6.07 Å². The van der Waals surface area contributed by atoms with Crippen molar-refractivity contribution in [1.29, 1.82) is 0 Å². The van der Waals surface area contributed by atoms with Gasteiger partial charge in [-0.25, -0.2) is 4.39 Å². The molecule has 1 aliphatic heterocycles. The first-order valence-corrected chi connectivity index (χ1v) is 6.82. The first-order valence-electron chi connectivity index (χ1n) is 6.44. The number of benzene rings is 1. The van der Waals surface area contributed by atoms with Crippen LogP contribution < -0.4 is 10.2 Å². The summed E-state index contributed by atoms with van der Waals surface area (Å²) in [6.07, 6.45) is 0. The number of hydrogen-bond acceptors (Lipinski definition) is 2. The molecule has 2 atom stereocenters. The molecule has 1 saturated heterocycles. The van der Waals surface area contributed by atoms with Crippen molar-refractivity contribution in [2.45, 2.75) is 32.9 Å². The molecule has 1 fully saturated rings. The maximum Gasteiger partial charge on any atom is 0.143 e. The maximum atomic E-state index is 13.6. The number of anilines is 1. The molecule has 1 aromatic rings. The van der Waals surface area contributed by atoms with Crippen molar-refractivity contribution in [3.63, 3.8) is 0 Å². The van der Waals surface area contributed by atoms with Crippen molar-refractivity contribution in [3.8, 4) is 0 Å². The summed E-state index contributed by atoms with van der Waals surface area (Å²) in [6, 6.07) is 5.88.